The fraction of sp³-hybridized carbons (Fsp3) is 0. The van der Waals surface area contributed by atoms with Crippen LogP contribution in [-0.4, -0.2) is 53.2 Å². The van der Waals surface area contributed by atoms with E-state index in [1.54, 1.807) is 0 Å². The van der Waals surface area contributed by atoms with Crippen LogP contribution in [0.2, 0.25) is 0 Å². The molecule has 0 nitrogen and oxygen atoms in total. The van der Waals surface area contributed by atoms with Gasteiger partial charge >= 0.3 is 45.6 Å². The summed E-state index contributed by atoms with van der Waals surface area (Å²) in [4.78, 5) is 0. The normalized spacial score (nSPS) is 1.25. The molecule has 0 spiro atoms. The third kappa shape index (κ3) is 9.00. The van der Waals surface area contributed by atoms with Gasteiger partial charge in [-0.25, -0.2) is 0 Å². The molecule has 22 valence electrons. The van der Waals surface area contributed by atoms with Crippen molar-refractivity contribution in [3.8, 4) is 0 Å². The van der Waals surface area contributed by atoms with E-state index in [2.05, 4.69) is 7.57 Å². The minimum atomic E-state index is 0. The van der Waals surface area contributed by atoms with Crippen LogP contribution in [0.3, 0.4) is 0 Å². The first-order chi connectivity index (χ1) is 1.00. The molecule has 4 heteroatoms. The molecule has 0 saturated carbocycles. The van der Waals surface area contributed by atoms with Crippen molar-refractivity contribution >= 4 is 62.3 Å². The van der Waals surface area contributed by atoms with Gasteiger partial charge in [0.2, 0.25) is 0 Å². The van der Waals surface area contributed by atoms with E-state index in [4.69, 9.17) is 0 Å². The number of rotatable bonds is 0. The van der Waals surface area contributed by atoms with Crippen LogP contribution in [0.25, 0.3) is 0 Å². The molecule has 0 aliphatic heterocycles. The SMILES string of the molecule is [B]P.[GaH3].[InH3]. The summed E-state index contributed by atoms with van der Waals surface area (Å²) in [6.45, 7) is 0. The Kier molecular flexibility index (Phi) is 83.3. The van der Waals surface area contributed by atoms with Crippen LogP contribution in [0.15, 0.2) is 0 Å². The van der Waals surface area contributed by atoms with Crippen molar-refractivity contribution in [1.82, 2.24) is 0 Å². The van der Waals surface area contributed by atoms with E-state index in [-0.39, 0.29) is 45.6 Å². The van der Waals surface area contributed by atoms with Gasteiger partial charge in [-0.05, 0) is 0 Å². The molecule has 0 rings (SSSR count). The molecule has 0 aromatic carbocycles. The van der Waals surface area contributed by atoms with Crippen LogP contribution in [0.4, 0.5) is 0 Å². The minimum absolute atomic E-state index is 0. The van der Waals surface area contributed by atoms with Gasteiger partial charge in [0, 0.05) is 0 Å². The predicted octanol–water partition coefficient (Wildman–Crippen LogP) is -2.42. The standard InChI is InChI=1S/BH2P.Ga.In.6H/c1-2;;;;;;;;/h2H2;;;;;;;;. The van der Waals surface area contributed by atoms with E-state index < -0.39 is 0 Å². The molecule has 0 aromatic rings. The quantitative estimate of drug-likeness (QED) is 0.323. The van der Waals surface area contributed by atoms with Gasteiger partial charge in [-0.15, -0.1) is 0 Å². The maximum atomic E-state index is 4.42. The fourth-order valence-corrected chi connectivity index (χ4v) is 0. The molecular weight excluding hydrogens is 226 g/mol. The van der Waals surface area contributed by atoms with Crippen LogP contribution in [0, 0.1) is 0 Å². The third-order valence-corrected chi connectivity index (χ3v) is 0. The summed E-state index contributed by atoms with van der Waals surface area (Å²) in [7, 11) is 6.33. The van der Waals surface area contributed by atoms with Crippen LogP contribution in [0.5, 0.6) is 0 Å². The third-order valence-electron chi connectivity index (χ3n) is 0. The van der Waals surface area contributed by atoms with Gasteiger partial charge in [0.15, 0.2) is 0 Å². The average molecular weight is 234 g/mol. The second kappa shape index (κ2) is 20.0. The molecule has 1 unspecified atom stereocenters. The second-order valence-electron chi connectivity index (χ2n) is 0. The molecule has 0 aliphatic carbocycles. The Morgan fingerprint density at radius 3 is 1.25 bits per heavy atom. The molecule has 0 N–H and O–H groups in total. The van der Waals surface area contributed by atoms with Crippen molar-refractivity contribution in [3.63, 3.8) is 0 Å². The van der Waals surface area contributed by atoms with Gasteiger partial charge in [-0.2, -0.15) is 9.12 Å². The summed E-state index contributed by atoms with van der Waals surface area (Å²) in [6, 6.07) is 0. The van der Waals surface area contributed by atoms with Gasteiger partial charge < -0.3 is 0 Å². The zero-order valence-electron chi connectivity index (χ0n) is 1.15. The zero-order valence-corrected chi connectivity index (χ0v) is 2.31. The molecule has 4 heavy (non-hydrogen) atoms. The Morgan fingerprint density at radius 2 is 1.25 bits per heavy atom. The van der Waals surface area contributed by atoms with E-state index in [1.807, 2.05) is 9.12 Å². The first kappa shape index (κ1) is 16.7. The molecule has 0 fully saturated rings. The number of hydrogen-bond acceptors (Lipinski definition) is 0. The van der Waals surface area contributed by atoms with Crippen LogP contribution >= 0.6 is 9.12 Å². The van der Waals surface area contributed by atoms with Crippen molar-refractivity contribution in [3.05, 3.63) is 0 Å². The molecular formula is H8BGaInP. The zero-order chi connectivity index (χ0) is 2.00. The summed E-state index contributed by atoms with van der Waals surface area (Å²) >= 11 is 0. The van der Waals surface area contributed by atoms with E-state index in [0.717, 1.165) is 0 Å². The Balaban J connectivity index is -0.00000000500. The molecule has 0 bridgehead atoms. The van der Waals surface area contributed by atoms with Crippen molar-refractivity contribution in [1.29, 1.82) is 0 Å². The van der Waals surface area contributed by atoms with E-state index in [1.165, 1.54) is 0 Å². The molecule has 0 amide bonds. The Labute approximate surface area is 61.9 Å². The van der Waals surface area contributed by atoms with Gasteiger partial charge in [-0.1, -0.05) is 0 Å². The van der Waals surface area contributed by atoms with E-state index in [0.29, 0.717) is 0 Å². The average Bonchev–Trinajstić information content (AvgIpc) is 1.00. The van der Waals surface area contributed by atoms with Crippen LogP contribution in [-0.2, 0) is 0 Å². The Morgan fingerprint density at radius 1 is 1.25 bits per heavy atom. The molecule has 0 aliphatic rings. The van der Waals surface area contributed by atoms with E-state index in [9.17, 15) is 0 Å². The first-order valence-corrected chi connectivity index (χ1v) is 1.00. The summed E-state index contributed by atoms with van der Waals surface area (Å²) in [5.41, 5.74) is 0. The summed E-state index contributed by atoms with van der Waals surface area (Å²) in [5.74, 6) is 0. The summed E-state index contributed by atoms with van der Waals surface area (Å²) in [5, 5.41) is 0. The second-order valence-corrected chi connectivity index (χ2v) is 0. The summed E-state index contributed by atoms with van der Waals surface area (Å²) < 4.78 is 0. The maximum absolute atomic E-state index is 4.42. The Bertz CT molecular complexity index is 8.00. The Hall–Kier alpha value is 2.00. The predicted molar refractivity (Wildman–Crippen MR) is 35.3 cm³/mol. The molecule has 0 heterocycles. The van der Waals surface area contributed by atoms with Gasteiger partial charge in [0.05, 0.1) is 7.57 Å². The molecule has 0 aromatic heterocycles. The topological polar surface area (TPSA) is 0 Å². The number of hydrogen-bond donors (Lipinski definition) is 0. The van der Waals surface area contributed by atoms with Crippen LogP contribution < -0.4 is 0 Å². The monoisotopic (exact) mass is 234 g/mol. The molecule has 0 saturated heterocycles. The fourth-order valence-electron chi connectivity index (χ4n) is 0. The summed E-state index contributed by atoms with van der Waals surface area (Å²) in [6.07, 6.45) is 0. The van der Waals surface area contributed by atoms with Crippen molar-refractivity contribution in [2.45, 2.75) is 0 Å². The van der Waals surface area contributed by atoms with Gasteiger partial charge in [-0.3, -0.25) is 0 Å². The van der Waals surface area contributed by atoms with Crippen molar-refractivity contribution < 1.29 is 0 Å². The molecule has 1 atom stereocenters. The van der Waals surface area contributed by atoms with Crippen molar-refractivity contribution in [2.75, 3.05) is 0 Å². The van der Waals surface area contributed by atoms with Gasteiger partial charge in [0.1, 0.15) is 0 Å². The van der Waals surface area contributed by atoms with E-state index >= 15 is 0 Å². The first-order valence-electron chi connectivity index (χ1n) is 0.333. The van der Waals surface area contributed by atoms with Gasteiger partial charge in [0.25, 0.3) is 0 Å². The molecule has 2 radical (unpaired) electrons. The van der Waals surface area contributed by atoms with Crippen molar-refractivity contribution in [2.24, 2.45) is 0 Å². The van der Waals surface area contributed by atoms with Crippen LogP contribution in [0.1, 0.15) is 0 Å².